The summed E-state index contributed by atoms with van der Waals surface area (Å²) in [5, 5.41) is 20.9. The van der Waals surface area contributed by atoms with Gasteiger partial charge < -0.3 is 14.9 Å². The summed E-state index contributed by atoms with van der Waals surface area (Å²) >= 11 is 2.63. The summed E-state index contributed by atoms with van der Waals surface area (Å²) in [6, 6.07) is -0.273. The van der Waals surface area contributed by atoms with E-state index < -0.39 is 18.2 Å². The number of rotatable bonds is 12. The van der Waals surface area contributed by atoms with E-state index in [-0.39, 0.29) is 30.4 Å². The Morgan fingerprint density at radius 2 is 2.31 bits per heavy atom. The number of hydrogen-bond donors (Lipinski definition) is 2. The van der Waals surface area contributed by atoms with Gasteiger partial charge in [0, 0.05) is 17.7 Å². The Bertz CT molecular complexity index is 725. The van der Waals surface area contributed by atoms with Crippen LogP contribution in [0.2, 0.25) is 0 Å². The molecule has 2 unspecified atom stereocenters. The highest BCUT2D eigenvalue weighted by molar-refractivity contribution is 8.01. The summed E-state index contributed by atoms with van der Waals surface area (Å²) in [6.07, 6.45) is 4.24. The lowest BCUT2D eigenvalue weighted by Crippen LogP contribution is -2.35. The predicted molar refractivity (Wildman–Crippen MR) is 110 cm³/mol. The number of thioether (sulfide) groups is 1. The van der Waals surface area contributed by atoms with Gasteiger partial charge in [-0.25, -0.2) is 14.6 Å². The van der Waals surface area contributed by atoms with Crippen LogP contribution in [-0.4, -0.2) is 69.9 Å². The van der Waals surface area contributed by atoms with Gasteiger partial charge in [-0.15, -0.1) is 11.3 Å². The summed E-state index contributed by atoms with van der Waals surface area (Å²) < 4.78 is 18.0. The number of carbonyl (C=O) groups is 2. The number of aromatic nitrogens is 1. The van der Waals surface area contributed by atoms with E-state index in [1.807, 2.05) is 13.8 Å². The highest BCUT2D eigenvalue weighted by Crippen LogP contribution is 2.29. The zero-order valence-electron chi connectivity index (χ0n) is 16.5. The van der Waals surface area contributed by atoms with Crippen molar-refractivity contribution in [2.75, 3.05) is 25.6 Å². The van der Waals surface area contributed by atoms with Crippen LogP contribution in [0.5, 0.6) is 0 Å². The minimum atomic E-state index is -1.06. The van der Waals surface area contributed by atoms with Crippen LogP contribution in [0.4, 0.5) is 9.18 Å². The first kappa shape index (κ1) is 23.6. The van der Waals surface area contributed by atoms with Crippen molar-refractivity contribution < 1.29 is 28.9 Å². The lowest BCUT2D eigenvalue weighted by molar-refractivity contribution is 0.0690. The Hall–Kier alpha value is -1.65. The van der Waals surface area contributed by atoms with Crippen LogP contribution in [0, 0.1) is 5.41 Å². The highest BCUT2D eigenvalue weighted by Gasteiger charge is 2.32. The summed E-state index contributed by atoms with van der Waals surface area (Å²) in [6.45, 7) is 4.15. The molecule has 2 rings (SSSR count). The number of aliphatic hydroxyl groups is 1. The maximum Gasteiger partial charge on any atom is 0.410 e. The molecular formula is C19H27FN2O5S2. The highest BCUT2D eigenvalue weighted by atomic mass is 32.2. The molecule has 1 aromatic rings. The van der Waals surface area contributed by atoms with Gasteiger partial charge in [0.1, 0.15) is 6.61 Å². The Balaban J connectivity index is 1.86. The van der Waals surface area contributed by atoms with Crippen molar-refractivity contribution in [1.82, 2.24) is 9.88 Å². The number of aliphatic hydroxyl groups excluding tert-OH is 1. The van der Waals surface area contributed by atoms with Gasteiger partial charge in [0.25, 0.3) is 0 Å². The molecule has 0 aromatic carbocycles. The molecule has 0 bridgehead atoms. The number of nitrogens with zero attached hydrogens (tertiary/aromatic N) is 2. The van der Waals surface area contributed by atoms with E-state index in [4.69, 9.17) is 9.84 Å². The van der Waals surface area contributed by atoms with E-state index in [9.17, 15) is 19.1 Å². The van der Waals surface area contributed by atoms with Crippen LogP contribution < -0.4 is 0 Å². The van der Waals surface area contributed by atoms with Crippen LogP contribution in [0.25, 0.3) is 0 Å². The summed E-state index contributed by atoms with van der Waals surface area (Å²) in [5.74, 6) is -0.517. The quantitative estimate of drug-likeness (QED) is 0.286. The lowest BCUT2D eigenvalue weighted by atomic mass is 9.81. The van der Waals surface area contributed by atoms with Crippen molar-refractivity contribution in [3.63, 3.8) is 0 Å². The molecular weight excluding hydrogens is 419 g/mol. The maximum absolute atomic E-state index is 12.3. The second-order valence-electron chi connectivity index (χ2n) is 7.45. The third kappa shape index (κ3) is 6.97. The number of amides is 1. The molecule has 1 saturated heterocycles. The number of cyclic esters (lactones) is 1. The van der Waals surface area contributed by atoms with Gasteiger partial charge in [0.2, 0.25) is 0 Å². The average Bonchev–Trinajstić information content (AvgIpc) is 3.27. The third-order valence-corrected chi connectivity index (χ3v) is 6.79. The first-order valence-corrected chi connectivity index (χ1v) is 11.3. The molecule has 0 aliphatic carbocycles. The largest absolute Gasteiger partial charge is 0.476 e. The van der Waals surface area contributed by atoms with Gasteiger partial charge in [-0.2, -0.15) is 0 Å². The molecule has 162 valence electrons. The molecule has 7 nitrogen and oxygen atoms in total. The molecule has 0 saturated carbocycles. The van der Waals surface area contributed by atoms with E-state index in [0.29, 0.717) is 35.9 Å². The smallest absolute Gasteiger partial charge is 0.410 e. The van der Waals surface area contributed by atoms with Gasteiger partial charge in [-0.1, -0.05) is 44.2 Å². The Kier molecular flexibility index (Phi) is 8.91. The SMILES string of the molecule is CC(C)(CCCCF)C(O)C=CC1COC(=O)N1CCSc1nc(C(=O)O)cs1. The number of alkyl halides is 1. The Labute approximate surface area is 178 Å². The van der Waals surface area contributed by atoms with Crippen molar-refractivity contribution in [3.05, 3.63) is 23.2 Å². The fourth-order valence-electron chi connectivity index (χ4n) is 2.85. The number of hydrogen-bond acceptors (Lipinski definition) is 7. The van der Waals surface area contributed by atoms with Gasteiger partial charge in [-0.3, -0.25) is 9.29 Å². The monoisotopic (exact) mass is 446 g/mol. The molecule has 10 heteroatoms. The van der Waals surface area contributed by atoms with E-state index in [1.165, 1.54) is 28.5 Å². The molecule has 1 aliphatic heterocycles. The standard InChI is InChI=1S/C19H27FN2O5S2/c1-19(2,7-3-4-8-20)15(23)6-5-13-11-27-18(26)22(13)9-10-28-17-21-14(12-29-17)16(24)25/h5-6,12-13,15,23H,3-4,7-11H2,1-2H3,(H,24,25). The number of unbranched alkanes of at least 4 members (excludes halogenated alkanes) is 1. The van der Waals surface area contributed by atoms with Crippen LogP contribution in [0.1, 0.15) is 43.6 Å². The van der Waals surface area contributed by atoms with Gasteiger partial charge in [0.05, 0.1) is 18.8 Å². The molecule has 1 fully saturated rings. The minimum absolute atomic E-state index is 0.0157. The van der Waals surface area contributed by atoms with Crippen LogP contribution in [0.3, 0.4) is 0 Å². The topological polar surface area (TPSA) is 100.0 Å². The third-order valence-electron chi connectivity index (χ3n) is 4.79. The zero-order chi connectivity index (χ0) is 21.4. The zero-order valence-corrected chi connectivity index (χ0v) is 18.2. The second-order valence-corrected chi connectivity index (χ2v) is 9.65. The molecule has 1 aromatic heterocycles. The lowest BCUT2D eigenvalue weighted by Gasteiger charge is -2.29. The van der Waals surface area contributed by atoms with Crippen molar-refractivity contribution in [2.45, 2.75) is 49.6 Å². The van der Waals surface area contributed by atoms with Crippen LogP contribution in [0.15, 0.2) is 21.9 Å². The van der Waals surface area contributed by atoms with Crippen molar-refractivity contribution in [2.24, 2.45) is 5.41 Å². The van der Waals surface area contributed by atoms with Gasteiger partial charge >= 0.3 is 12.1 Å². The number of ether oxygens (including phenoxy) is 1. The minimum Gasteiger partial charge on any atom is -0.476 e. The Morgan fingerprint density at radius 1 is 1.55 bits per heavy atom. The molecule has 1 amide bonds. The number of halogens is 1. The molecule has 2 atom stereocenters. The molecule has 1 aliphatic rings. The molecule has 29 heavy (non-hydrogen) atoms. The van der Waals surface area contributed by atoms with Crippen molar-refractivity contribution in [3.8, 4) is 0 Å². The van der Waals surface area contributed by atoms with E-state index in [2.05, 4.69) is 4.98 Å². The van der Waals surface area contributed by atoms with Crippen molar-refractivity contribution >= 4 is 35.2 Å². The fourth-order valence-corrected chi connectivity index (χ4v) is 4.66. The summed E-state index contributed by atoms with van der Waals surface area (Å²) in [5.41, 5.74) is -0.371. The summed E-state index contributed by atoms with van der Waals surface area (Å²) in [4.78, 5) is 28.5. The molecule has 0 spiro atoms. The van der Waals surface area contributed by atoms with E-state index in [0.717, 1.165) is 0 Å². The number of thiazole rings is 1. The fraction of sp³-hybridized carbons (Fsp3) is 0.632. The molecule has 2 N–H and O–H groups in total. The molecule has 2 heterocycles. The van der Waals surface area contributed by atoms with E-state index in [1.54, 1.807) is 17.1 Å². The average molecular weight is 447 g/mol. The van der Waals surface area contributed by atoms with Crippen LogP contribution in [-0.2, 0) is 4.74 Å². The first-order valence-electron chi connectivity index (χ1n) is 9.42. The first-order chi connectivity index (χ1) is 13.7. The predicted octanol–water partition coefficient (Wildman–Crippen LogP) is 3.84. The van der Waals surface area contributed by atoms with Gasteiger partial charge in [0.15, 0.2) is 10.0 Å². The van der Waals surface area contributed by atoms with Crippen molar-refractivity contribution in [1.29, 1.82) is 0 Å². The van der Waals surface area contributed by atoms with Crippen LogP contribution >= 0.6 is 23.1 Å². The van der Waals surface area contributed by atoms with E-state index >= 15 is 0 Å². The normalized spacial score (nSPS) is 18.4. The summed E-state index contributed by atoms with van der Waals surface area (Å²) in [7, 11) is 0. The number of carboxylic acids is 1. The number of carbonyl (C=O) groups excluding carboxylic acids is 1. The number of aromatic carboxylic acids is 1. The molecule has 0 radical (unpaired) electrons. The van der Waals surface area contributed by atoms with Gasteiger partial charge in [-0.05, 0) is 18.3 Å². The second kappa shape index (κ2) is 10.9. The number of carboxylic acid groups (broad SMARTS) is 1. The Morgan fingerprint density at radius 3 is 2.97 bits per heavy atom. The maximum atomic E-state index is 12.3.